The number of hydrogen-bond acceptors (Lipinski definition) is 8. The van der Waals surface area contributed by atoms with Crippen molar-refractivity contribution in [1.29, 1.82) is 0 Å². The summed E-state index contributed by atoms with van der Waals surface area (Å²) in [5.41, 5.74) is 1.76. The highest BCUT2D eigenvalue weighted by molar-refractivity contribution is 14.1. The molecule has 11 nitrogen and oxygen atoms in total. The number of aliphatic hydroxyl groups excluding tert-OH is 1. The van der Waals surface area contributed by atoms with Crippen LogP contribution in [0.2, 0.25) is 0 Å². The number of halogens is 2. The molecule has 4 N–H and O–H groups in total. The molecule has 0 aromatic heterocycles. The van der Waals surface area contributed by atoms with Gasteiger partial charge < -0.3 is 35.1 Å². The third-order valence-corrected chi connectivity index (χ3v) is 9.72. The summed E-state index contributed by atoms with van der Waals surface area (Å²) in [7, 11) is 10.1. The Labute approximate surface area is 377 Å². The molecule has 4 aromatic rings. The van der Waals surface area contributed by atoms with Crippen LogP contribution in [0.25, 0.3) is 0 Å². The van der Waals surface area contributed by atoms with Gasteiger partial charge in [-0.05, 0) is 150 Å². The molecule has 0 heterocycles. The molecule has 4 rings (SSSR count). The van der Waals surface area contributed by atoms with E-state index in [1.54, 1.807) is 24.3 Å². The highest BCUT2D eigenvalue weighted by atomic mass is 127. The number of aliphatic carboxylic acids is 1. The van der Waals surface area contributed by atoms with Gasteiger partial charge in [-0.15, -0.1) is 0 Å². The monoisotopic (exact) mass is 1030 g/mol. The van der Waals surface area contributed by atoms with Crippen molar-refractivity contribution in [1.82, 2.24) is 10.6 Å². The second-order valence-corrected chi connectivity index (χ2v) is 15.7. The second kappa shape index (κ2) is 31.8. The third-order valence-electron chi connectivity index (χ3n) is 8.28. The van der Waals surface area contributed by atoms with E-state index < -0.39 is 35.6 Å². The van der Waals surface area contributed by atoms with E-state index in [2.05, 4.69) is 55.8 Å². The number of esters is 1. The van der Waals surface area contributed by atoms with Crippen LogP contribution >= 0.6 is 45.2 Å². The molecular formula is C44H52B2I2N2O9. The fraction of sp³-hybridized carbons (Fsp3) is 0.364. The average Bonchev–Trinajstić information content (AvgIpc) is 3.22. The van der Waals surface area contributed by atoms with Crippen LogP contribution in [0.5, 0.6) is 11.5 Å². The van der Waals surface area contributed by atoms with E-state index >= 15 is 0 Å². The Bertz CT molecular complexity index is 1760. The first-order valence-corrected chi connectivity index (χ1v) is 21.6. The van der Waals surface area contributed by atoms with Crippen LogP contribution in [-0.4, -0.2) is 88.0 Å². The molecule has 4 aromatic carbocycles. The Morgan fingerprint density at radius 2 is 0.932 bits per heavy atom. The molecule has 0 spiro atoms. The van der Waals surface area contributed by atoms with Crippen LogP contribution in [-0.2, 0) is 27.2 Å². The predicted octanol–water partition coefficient (Wildman–Crippen LogP) is 8.05. The van der Waals surface area contributed by atoms with Gasteiger partial charge in [0.1, 0.15) is 23.6 Å². The lowest BCUT2D eigenvalue weighted by Crippen LogP contribution is -2.43. The van der Waals surface area contributed by atoms with Crippen LogP contribution in [0, 0.1) is 7.14 Å². The SMILES string of the molecule is OCCCCCCOc1ccc(I)cc1.[B]C(=O)N[C@@H](Cc1ccccc1)C(=O)O.[B]C(=O)N[C@@H](Cc1ccccc1)C(=O)OCCCCCCOc1ccc(I)cc1. The van der Waals surface area contributed by atoms with Crippen LogP contribution in [0.3, 0.4) is 0 Å². The number of ether oxygens (including phenoxy) is 3. The van der Waals surface area contributed by atoms with Gasteiger partial charge in [0.05, 0.1) is 19.8 Å². The highest BCUT2D eigenvalue weighted by Gasteiger charge is 2.21. The molecule has 312 valence electrons. The Hall–Kier alpha value is -4.09. The van der Waals surface area contributed by atoms with E-state index in [0.29, 0.717) is 26.2 Å². The number of nitrogens with one attached hydrogen (secondary N) is 2. The Kier molecular flexibility index (Phi) is 27.5. The molecule has 0 fully saturated rings. The van der Waals surface area contributed by atoms with Crippen LogP contribution < -0.4 is 20.1 Å². The summed E-state index contributed by atoms with van der Waals surface area (Å²) in [6.07, 6.45) is 8.40. The number of amides is 2. The summed E-state index contributed by atoms with van der Waals surface area (Å²) in [5.74, 6) is -1.31. The fourth-order valence-corrected chi connectivity index (χ4v) is 6.00. The van der Waals surface area contributed by atoms with Gasteiger partial charge in [0.2, 0.25) is 15.7 Å². The average molecular weight is 1030 g/mol. The maximum atomic E-state index is 12.3. The van der Waals surface area contributed by atoms with E-state index in [1.165, 1.54) is 7.14 Å². The van der Waals surface area contributed by atoms with Gasteiger partial charge in [-0.25, -0.2) is 9.59 Å². The first-order chi connectivity index (χ1) is 28.5. The van der Waals surface area contributed by atoms with Crippen molar-refractivity contribution in [2.24, 2.45) is 0 Å². The minimum absolute atomic E-state index is 0.221. The predicted molar refractivity (Wildman–Crippen MR) is 248 cm³/mol. The molecule has 0 aliphatic rings. The van der Waals surface area contributed by atoms with E-state index in [1.807, 2.05) is 84.9 Å². The summed E-state index contributed by atoms with van der Waals surface area (Å²) in [5, 5.41) is 22.0. The molecule has 2 amide bonds. The van der Waals surface area contributed by atoms with Crippen LogP contribution in [0.4, 0.5) is 9.59 Å². The quantitative estimate of drug-likeness (QED) is 0.0250. The molecule has 0 saturated carbocycles. The Morgan fingerprint density at radius 3 is 1.34 bits per heavy atom. The standard InChI is InChI=1S/C22H25BINO4.C12H17IO2.C10H10BNO3/c23-22(27)25-20(16-17-8-4-3-5-9-17)21(26)29-15-7-2-1-6-14-28-19-12-10-18(24)11-13-19;13-11-5-7-12(8-6-11)15-10-4-2-1-3-9-14;11-10(15)12-8(9(13)14)6-7-4-2-1-3-5-7/h3-5,8-13,20H,1-2,6-7,14-16H2,(H,25,27);5-8,14H,1-4,9-10H2;1-5,8H,6H2,(H,12,15)(H,13,14)/t20-;;8-/m0.0/s1. The van der Waals surface area contributed by atoms with Gasteiger partial charge in [0, 0.05) is 26.6 Å². The van der Waals surface area contributed by atoms with Crippen molar-refractivity contribution in [3.8, 4) is 11.5 Å². The van der Waals surface area contributed by atoms with Gasteiger partial charge in [-0.3, -0.25) is 9.59 Å². The second-order valence-electron chi connectivity index (χ2n) is 13.2. The van der Waals surface area contributed by atoms with E-state index in [4.69, 9.17) is 40.1 Å². The normalized spacial score (nSPS) is 11.2. The molecule has 0 aliphatic carbocycles. The van der Waals surface area contributed by atoms with Crippen molar-refractivity contribution < 1.29 is 43.6 Å². The molecule has 0 unspecified atom stereocenters. The molecular weight excluding hydrogens is 976 g/mol. The zero-order chi connectivity index (χ0) is 43.1. The van der Waals surface area contributed by atoms with Gasteiger partial charge in [-0.2, -0.15) is 0 Å². The van der Waals surface area contributed by atoms with E-state index in [9.17, 15) is 19.2 Å². The van der Waals surface area contributed by atoms with Crippen LogP contribution in [0.1, 0.15) is 62.5 Å². The van der Waals surface area contributed by atoms with Gasteiger partial charge in [-0.1, -0.05) is 67.1 Å². The topological polar surface area (TPSA) is 160 Å². The lowest BCUT2D eigenvalue weighted by Gasteiger charge is -2.17. The van der Waals surface area contributed by atoms with Gasteiger partial charge in [0.15, 0.2) is 11.6 Å². The molecule has 59 heavy (non-hydrogen) atoms. The molecule has 15 heteroatoms. The zero-order valence-electron chi connectivity index (χ0n) is 33.1. The molecule has 4 radical (unpaired) electrons. The summed E-state index contributed by atoms with van der Waals surface area (Å²) >= 11 is 4.54. The van der Waals surface area contributed by atoms with Crippen molar-refractivity contribution in [3.05, 3.63) is 127 Å². The lowest BCUT2D eigenvalue weighted by molar-refractivity contribution is -0.146. The summed E-state index contributed by atoms with van der Waals surface area (Å²) in [4.78, 5) is 44.8. The van der Waals surface area contributed by atoms with Crippen molar-refractivity contribution in [2.75, 3.05) is 26.4 Å². The number of unbranched alkanes of at least 4 members (excludes halogenated alkanes) is 6. The number of aliphatic hydroxyl groups is 1. The van der Waals surface area contributed by atoms with Crippen molar-refractivity contribution in [3.63, 3.8) is 0 Å². The minimum atomic E-state index is -1.10. The van der Waals surface area contributed by atoms with Crippen molar-refractivity contribution in [2.45, 2.75) is 76.3 Å². The largest absolute Gasteiger partial charge is 0.494 e. The Balaban J connectivity index is 0.000000336. The molecule has 0 aliphatic heterocycles. The number of hydrogen-bond donors (Lipinski definition) is 4. The van der Waals surface area contributed by atoms with E-state index in [-0.39, 0.29) is 6.42 Å². The van der Waals surface area contributed by atoms with Gasteiger partial charge in [0.25, 0.3) is 0 Å². The number of carbonyl (C=O) groups excluding carboxylic acids is 3. The first-order valence-electron chi connectivity index (χ1n) is 19.4. The minimum Gasteiger partial charge on any atom is -0.494 e. The number of carboxylic acids is 1. The zero-order valence-corrected chi connectivity index (χ0v) is 37.4. The number of benzene rings is 4. The van der Waals surface area contributed by atoms with Crippen molar-refractivity contribution >= 4 is 84.4 Å². The summed E-state index contributed by atoms with van der Waals surface area (Å²) in [6.45, 7) is 2.06. The van der Waals surface area contributed by atoms with Gasteiger partial charge >= 0.3 is 11.9 Å². The highest BCUT2D eigenvalue weighted by Crippen LogP contribution is 2.15. The summed E-state index contributed by atoms with van der Waals surface area (Å²) < 4.78 is 19.0. The molecule has 0 bridgehead atoms. The summed E-state index contributed by atoms with van der Waals surface area (Å²) in [6, 6.07) is 32.7. The number of rotatable bonds is 23. The molecule has 2 atom stereocenters. The molecule has 0 saturated heterocycles. The smallest absolute Gasteiger partial charge is 0.328 e. The first kappa shape index (κ1) is 51.1. The number of carboxylic acid groups (broad SMARTS) is 1. The maximum Gasteiger partial charge on any atom is 0.328 e. The van der Waals surface area contributed by atoms with Crippen LogP contribution in [0.15, 0.2) is 109 Å². The maximum absolute atomic E-state index is 12.3. The van der Waals surface area contributed by atoms with E-state index in [0.717, 1.165) is 80.6 Å². The lowest BCUT2D eigenvalue weighted by atomic mass is 10.0. The number of carbonyl (C=O) groups is 4. The Morgan fingerprint density at radius 1 is 0.542 bits per heavy atom. The third kappa shape index (κ3) is 25.9. The fourth-order valence-electron chi connectivity index (χ4n) is 5.28.